The van der Waals surface area contributed by atoms with Gasteiger partial charge in [0.1, 0.15) is 16.7 Å². The van der Waals surface area contributed by atoms with Crippen LogP contribution >= 0.6 is 11.3 Å². The van der Waals surface area contributed by atoms with E-state index in [1.807, 2.05) is 47.7 Å². The number of benzene rings is 8. The molecule has 1 unspecified atom stereocenters. The van der Waals surface area contributed by atoms with E-state index in [0.29, 0.717) is 11.5 Å². The summed E-state index contributed by atoms with van der Waals surface area (Å²) in [7, 11) is 0. The van der Waals surface area contributed by atoms with E-state index < -0.39 is 0 Å². The molecule has 0 amide bonds. The van der Waals surface area contributed by atoms with Gasteiger partial charge in [-0.05, 0) is 75.3 Å². The van der Waals surface area contributed by atoms with Crippen LogP contribution < -0.4 is 0 Å². The van der Waals surface area contributed by atoms with Crippen molar-refractivity contribution in [2.24, 2.45) is 0 Å². The van der Waals surface area contributed by atoms with Crippen LogP contribution in [-0.2, 0) is 0 Å². The first-order chi connectivity index (χ1) is 26.7. The van der Waals surface area contributed by atoms with Crippen molar-refractivity contribution >= 4 is 64.5 Å². The number of nitrogens with zero attached hydrogens (tertiary/aromatic N) is 1. The average molecular weight is 710 g/mol. The van der Waals surface area contributed by atoms with E-state index in [9.17, 15) is 0 Å². The van der Waals surface area contributed by atoms with Gasteiger partial charge in [-0.15, -0.1) is 11.3 Å². The summed E-state index contributed by atoms with van der Waals surface area (Å²) in [6.07, 6.45) is 0. The molecule has 0 N–H and O–H groups in total. The molecule has 0 aliphatic carbocycles. The summed E-state index contributed by atoms with van der Waals surface area (Å²) >= 11 is 1.89. The molecule has 3 heterocycles. The van der Waals surface area contributed by atoms with Gasteiger partial charge >= 0.3 is 0 Å². The Morgan fingerprint density at radius 2 is 1.02 bits per heavy atom. The minimum absolute atomic E-state index is 0.0616. The molecule has 11 rings (SSSR count). The van der Waals surface area contributed by atoms with Crippen LogP contribution in [0.2, 0.25) is 0 Å². The van der Waals surface area contributed by atoms with Crippen LogP contribution in [0.3, 0.4) is 0 Å². The molecule has 1 atom stereocenters. The molecule has 0 radical (unpaired) electrons. The standard InChI is InChI=1S/C50H31NO2S/c1-3-10-31(11-4-1)32-18-22-34(23-19-32)48(40-16-9-15-39-38-14-7-8-17-47(38)54-49(39)40)35-24-20-33(21-25-35)37-26-27-44-41(28-37)42-29-43-46(30-45(42)52-44)53-50(51-43)36-12-5-2-6-13-36/h1-30,48H. The Morgan fingerprint density at radius 1 is 0.407 bits per heavy atom. The molecule has 8 aromatic carbocycles. The topological polar surface area (TPSA) is 39.2 Å². The van der Waals surface area contributed by atoms with Crippen molar-refractivity contribution in [1.29, 1.82) is 0 Å². The highest BCUT2D eigenvalue weighted by Gasteiger charge is 2.22. The van der Waals surface area contributed by atoms with Gasteiger partial charge < -0.3 is 8.83 Å². The summed E-state index contributed by atoms with van der Waals surface area (Å²) in [5.74, 6) is 0.670. The number of rotatable bonds is 6. The monoisotopic (exact) mass is 709 g/mol. The maximum absolute atomic E-state index is 6.32. The van der Waals surface area contributed by atoms with E-state index in [-0.39, 0.29) is 5.92 Å². The summed E-state index contributed by atoms with van der Waals surface area (Å²) in [5, 5.41) is 4.72. The summed E-state index contributed by atoms with van der Waals surface area (Å²) in [6.45, 7) is 0. The van der Waals surface area contributed by atoms with E-state index in [1.54, 1.807) is 0 Å². The first-order valence-corrected chi connectivity index (χ1v) is 19.0. The third kappa shape index (κ3) is 5.14. The molecular weight excluding hydrogens is 679 g/mol. The van der Waals surface area contributed by atoms with Gasteiger partial charge in [-0.25, -0.2) is 4.98 Å². The summed E-state index contributed by atoms with van der Waals surface area (Å²) in [4.78, 5) is 4.82. The summed E-state index contributed by atoms with van der Waals surface area (Å²) in [5.41, 5.74) is 12.7. The highest BCUT2D eigenvalue weighted by atomic mass is 32.1. The Labute approximate surface area is 315 Å². The number of fused-ring (bicyclic) bond motifs is 7. The molecule has 11 aromatic rings. The average Bonchev–Trinajstić information content (AvgIpc) is 3.94. The molecule has 54 heavy (non-hydrogen) atoms. The third-order valence-corrected chi connectivity index (χ3v) is 11.9. The lowest BCUT2D eigenvalue weighted by Gasteiger charge is -2.21. The van der Waals surface area contributed by atoms with Gasteiger partial charge in [0.2, 0.25) is 5.89 Å². The van der Waals surface area contributed by atoms with Gasteiger partial charge in [-0.3, -0.25) is 0 Å². The molecule has 0 spiro atoms. The molecule has 0 saturated carbocycles. The zero-order valence-corrected chi connectivity index (χ0v) is 29.9. The molecule has 0 aliphatic rings. The van der Waals surface area contributed by atoms with Crippen molar-refractivity contribution in [2.45, 2.75) is 5.92 Å². The SMILES string of the molecule is c1ccc(-c2ccc(C(c3ccc(-c4ccc5oc6cc7oc(-c8ccccc8)nc7cc6c5c4)cc3)c3cccc4c3sc3ccccc34)cc2)cc1. The van der Waals surface area contributed by atoms with Gasteiger partial charge in [0.25, 0.3) is 0 Å². The molecule has 0 bridgehead atoms. The van der Waals surface area contributed by atoms with E-state index in [0.717, 1.165) is 44.1 Å². The highest BCUT2D eigenvalue weighted by molar-refractivity contribution is 7.26. The number of thiophene rings is 1. The fourth-order valence-corrected chi connectivity index (χ4v) is 9.24. The Hall–Kier alpha value is -6.75. The van der Waals surface area contributed by atoms with E-state index in [4.69, 9.17) is 13.8 Å². The Morgan fingerprint density at radius 3 is 1.78 bits per heavy atom. The molecule has 0 aliphatic heterocycles. The van der Waals surface area contributed by atoms with Crippen LogP contribution in [0.5, 0.6) is 0 Å². The van der Waals surface area contributed by atoms with E-state index >= 15 is 0 Å². The first kappa shape index (κ1) is 30.8. The molecular formula is C50H31NO2S. The Balaban J connectivity index is 0.999. The lowest BCUT2D eigenvalue weighted by atomic mass is 9.83. The largest absolute Gasteiger partial charge is 0.456 e. The van der Waals surface area contributed by atoms with Crippen LogP contribution in [0.1, 0.15) is 22.6 Å². The Kier molecular flexibility index (Phi) is 7.10. The molecule has 254 valence electrons. The van der Waals surface area contributed by atoms with E-state index in [1.165, 1.54) is 48.0 Å². The summed E-state index contributed by atoms with van der Waals surface area (Å²) in [6, 6.07) is 64.9. The number of oxazole rings is 1. The van der Waals surface area contributed by atoms with Crippen molar-refractivity contribution < 1.29 is 8.83 Å². The van der Waals surface area contributed by atoms with Crippen LogP contribution in [0, 0.1) is 0 Å². The smallest absolute Gasteiger partial charge is 0.227 e. The quantitative estimate of drug-likeness (QED) is 0.161. The lowest BCUT2D eigenvalue weighted by molar-refractivity contribution is 0.617. The second kappa shape index (κ2) is 12.4. The summed E-state index contributed by atoms with van der Waals surface area (Å²) < 4.78 is 15.1. The minimum Gasteiger partial charge on any atom is -0.456 e. The normalized spacial score (nSPS) is 12.4. The van der Waals surface area contributed by atoms with Crippen molar-refractivity contribution in [3.8, 4) is 33.7 Å². The fraction of sp³-hybridized carbons (Fsp3) is 0.0200. The zero-order valence-electron chi connectivity index (χ0n) is 29.1. The van der Waals surface area contributed by atoms with Crippen molar-refractivity contribution in [1.82, 2.24) is 4.98 Å². The second-order valence-electron chi connectivity index (χ2n) is 13.9. The second-order valence-corrected chi connectivity index (χ2v) is 14.9. The Bertz CT molecular complexity index is 3140. The first-order valence-electron chi connectivity index (χ1n) is 18.2. The van der Waals surface area contributed by atoms with Crippen LogP contribution in [0.4, 0.5) is 0 Å². The highest BCUT2D eigenvalue weighted by Crippen LogP contribution is 2.43. The van der Waals surface area contributed by atoms with Gasteiger partial charge in [0, 0.05) is 48.5 Å². The zero-order chi connectivity index (χ0) is 35.6. The number of hydrogen-bond acceptors (Lipinski definition) is 4. The van der Waals surface area contributed by atoms with Crippen molar-refractivity contribution in [3.05, 3.63) is 199 Å². The number of aromatic nitrogens is 1. The van der Waals surface area contributed by atoms with Crippen molar-refractivity contribution in [3.63, 3.8) is 0 Å². The molecule has 4 heteroatoms. The van der Waals surface area contributed by atoms with Crippen molar-refractivity contribution in [2.75, 3.05) is 0 Å². The molecule has 0 fully saturated rings. The fourth-order valence-electron chi connectivity index (χ4n) is 8.00. The van der Waals surface area contributed by atoms with Gasteiger partial charge in [-0.2, -0.15) is 0 Å². The van der Waals surface area contributed by atoms with Crippen LogP contribution in [0.25, 0.3) is 86.9 Å². The molecule has 0 saturated heterocycles. The maximum Gasteiger partial charge on any atom is 0.227 e. The lowest BCUT2D eigenvalue weighted by Crippen LogP contribution is -2.04. The maximum atomic E-state index is 6.32. The molecule has 3 nitrogen and oxygen atoms in total. The predicted octanol–water partition coefficient (Wildman–Crippen LogP) is 14.3. The van der Waals surface area contributed by atoms with Gasteiger partial charge in [0.05, 0.1) is 0 Å². The predicted molar refractivity (Wildman–Crippen MR) is 224 cm³/mol. The van der Waals surface area contributed by atoms with E-state index in [2.05, 4.69) is 146 Å². The van der Waals surface area contributed by atoms with Crippen LogP contribution in [0.15, 0.2) is 191 Å². The van der Waals surface area contributed by atoms with Crippen LogP contribution in [-0.4, -0.2) is 4.98 Å². The van der Waals surface area contributed by atoms with Gasteiger partial charge in [-0.1, -0.05) is 140 Å². The third-order valence-electron chi connectivity index (χ3n) is 10.7. The number of hydrogen-bond donors (Lipinski definition) is 0. The van der Waals surface area contributed by atoms with Gasteiger partial charge in [0.15, 0.2) is 5.58 Å². The molecule has 3 aromatic heterocycles. The minimum atomic E-state index is 0.0616. The number of furan rings is 1.